The van der Waals surface area contributed by atoms with Crippen LogP contribution in [0.3, 0.4) is 0 Å². The number of carbonyl (C=O) groups is 1. The van der Waals surface area contributed by atoms with Gasteiger partial charge in [0.25, 0.3) is 5.91 Å². The predicted molar refractivity (Wildman–Crippen MR) is 84.8 cm³/mol. The number of furan rings is 1. The SMILES string of the molecule is Cc1occc1C(=O)N1CCC2(CCCN(CC3CC3)C2)C1. The third-order valence-corrected chi connectivity index (χ3v) is 5.77. The molecule has 120 valence electrons. The molecule has 0 N–H and O–H groups in total. The van der Waals surface area contributed by atoms with Crippen LogP contribution in [-0.2, 0) is 0 Å². The summed E-state index contributed by atoms with van der Waals surface area (Å²) in [7, 11) is 0. The number of carbonyl (C=O) groups excluding carboxylic acids is 1. The first-order valence-corrected chi connectivity index (χ1v) is 8.71. The fourth-order valence-corrected chi connectivity index (χ4v) is 4.35. The summed E-state index contributed by atoms with van der Waals surface area (Å²) in [5, 5.41) is 0. The maximum atomic E-state index is 12.7. The van der Waals surface area contributed by atoms with Gasteiger partial charge in [0.1, 0.15) is 5.76 Å². The van der Waals surface area contributed by atoms with E-state index in [0.717, 1.165) is 36.8 Å². The smallest absolute Gasteiger partial charge is 0.257 e. The predicted octanol–water partition coefficient (Wildman–Crippen LogP) is 2.93. The van der Waals surface area contributed by atoms with Crippen LogP contribution in [0, 0.1) is 18.3 Å². The molecule has 4 heteroatoms. The summed E-state index contributed by atoms with van der Waals surface area (Å²) in [6.45, 7) is 7.44. The van der Waals surface area contributed by atoms with Crippen molar-refractivity contribution < 1.29 is 9.21 Å². The minimum absolute atomic E-state index is 0.155. The highest BCUT2D eigenvalue weighted by Crippen LogP contribution is 2.41. The Kier molecular flexibility index (Phi) is 3.52. The number of hydrogen-bond acceptors (Lipinski definition) is 3. The van der Waals surface area contributed by atoms with Crippen LogP contribution in [0.1, 0.15) is 48.2 Å². The largest absolute Gasteiger partial charge is 0.469 e. The molecule has 0 bridgehead atoms. The van der Waals surface area contributed by atoms with Gasteiger partial charge in [0.15, 0.2) is 0 Å². The second kappa shape index (κ2) is 5.41. The van der Waals surface area contributed by atoms with E-state index in [2.05, 4.69) is 9.80 Å². The Balaban J connectivity index is 1.42. The molecule has 0 aromatic carbocycles. The molecule has 1 spiro atoms. The zero-order chi connectivity index (χ0) is 15.2. The molecule has 1 atom stereocenters. The van der Waals surface area contributed by atoms with Crippen molar-refractivity contribution in [1.82, 2.24) is 9.80 Å². The first kappa shape index (κ1) is 14.3. The molecule has 3 fully saturated rings. The average Bonchev–Trinajstić information content (AvgIpc) is 3.06. The molecule has 3 heterocycles. The van der Waals surface area contributed by atoms with Crippen molar-refractivity contribution in [3.05, 3.63) is 23.7 Å². The number of hydrogen-bond donors (Lipinski definition) is 0. The molecule has 1 saturated carbocycles. The van der Waals surface area contributed by atoms with Gasteiger partial charge in [-0.25, -0.2) is 0 Å². The number of piperidine rings is 1. The van der Waals surface area contributed by atoms with Crippen LogP contribution in [0.2, 0.25) is 0 Å². The monoisotopic (exact) mass is 302 g/mol. The highest BCUT2D eigenvalue weighted by Gasteiger charge is 2.43. The van der Waals surface area contributed by atoms with Gasteiger partial charge in [-0.15, -0.1) is 0 Å². The molecular weight excluding hydrogens is 276 g/mol. The van der Waals surface area contributed by atoms with Crippen molar-refractivity contribution >= 4 is 5.91 Å². The Morgan fingerprint density at radius 2 is 2.18 bits per heavy atom. The summed E-state index contributed by atoms with van der Waals surface area (Å²) in [6, 6.07) is 1.81. The van der Waals surface area contributed by atoms with E-state index in [1.54, 1.807) is 6.26 Å². The number of likely N-dealkylation sites (tertiary alicyclic amines) is 2. The van der Waals surface area contributed by atoms with Crippen LogP contribution in [0.15, 0.2) is 16.7 Å². The van der Waals surface area contributed by atoms with Crippen LogP contribution in [-0.4, -0.2) is 48.4 Å². The summed E-state index contributed by atoms with van der Waals surface area (Å²) in [6.07, 6.45) is 8.20. The number of rotatable bonds is 3. The van der Waals surface area contributed by atoms with Crippen molar-refractivity contribution in [2.24, 2.45) is 11.3 Å². The summed E-state index contributed by atoms with van der Waals surface area (Å²) in [4.78, 5) is 17.4. The van der Waals surface area contributed by atoms with Crippen molar-refractivity contribution in [1.29, 1.82) is 0 Å². The quantitative estimate of drug-likeness (QED) is 0.861. The summed E-state index contributed by atoms with van der Waals surface area (Å²) < 4.78 is 5.29. The number of amides is 1. The van der Waals surface area contributed by atoms with Crippen molar-refractivity contribution in [3.8, 4) is 0 Å². The van der Waals surface area contributed by atoms with Gasteiger partial charge in [0.2, 0.25) is 0 Å². The zero-order valence-electron chi connectivity index (χ0n) is 13.5. The minimum atomic E-state index is 0.155. The minimum Gasteiger partial charge on any atom is -0.469 e. The Bertz CT molecular complexity index is 563. The summed E-state index contributed by atoms with van der Waals surface area (Å²) in [5.41, 5.74) is 1.09. The Labute approximate surface area is 132 Å². The zero-order valence-corrected chi connectivity index (χ0v) is 13.5. The second-order valence-electron chi connectivity index (χ2n) is 7.65. The third kappa shape index (κ3) is 2.69. The van der Waals surface area contributed by atoms with Crippen LogP contribution in [0.5, 0.6) is 0 Å². The first-order chi connectivity index (χ1) is 10.7. The van der Waals surface area contributed by atoms with E-state index in [4.69, 9.17) is 4.42 Å². The Morgan fingerprint density at radius 3 is 2.91 bits per heavy atom. The van der Waals surface area contributed by atoms with Crippen LogP contribution < -0.4 is 0 Å². The number of aryl methyl sites for hydroxylation is 1. The molecule has 1 amide bonds. The molecule has 1 aromatic heterocycles. The Morgan fingerprint density at radius 1 is 1.32 bits per heavy atom. The highest BCUT2D eigenvalue weighted by molar-refractivity contribution is 5.95. The highest BCUT2D eigenvalue weighted by atomic mass is 16.3. The standard InChI is InChI=1S/C18H26N2O2/c1-14-16(5-10-22-14)17(21)20-9-7-18(13-20)6-2-8-19(12-18)11-15-3-4-15/h5,10,15H,2-4,6-9,11-13H2,1H3. The molecular formula is C18H26N2O2. The second-order valence-corrected chi connectivity index (χ2v) is 7.65. The Hall–Kier alpha value is -1.29. The van der Waals surface area contributed by atoms with E-state index in [9.17, 15) is 4.79 Å². The van der Waals surface area contributed by atoms with Gasteiger partial charge in [0.05, 0.1) is 11.8 Å². The lowest BCUT2D eigenvalue weighted by Crippen LogP contribution is -2.46. The van der Waals surface area contributed by atoms with Gasteiger partial charge in [0, 0.05) is 31.6 Å². The van der Waals surface area contributed by atoms with Gasteiger partial charge >= 0.3 is 0 Å². The van der Waals surface area contributed by atoms with E-state index in [0.29, 0.717) is 5.41 Å². The first-order valence-electron chi connectivity index (χ1n) is 8.71. The molecule has 0 radical (unpaired) electrons. The lowest BCUT2D eigenvalue weighted by molar-refractivity contribution is 0.0680. The molecule has 3 aliphatic rings. The normalized spacial score (nSPS) is 29.4. The fourth-order valence-electron chi connectivity index (χ4n) is 4.35. The van der Waals surface area contributed by atoms with Crippen molar-refractivity contribution in [3.63, 3.8) is 0 Å². The average molecular weight is 302 g/mol. The van der Waals surface area contributed by atoms with E-state index >= 15 is 0 Å². The lowest BCUT2D eigenvalue weighted by Gasteiger charge is -2.40. The van der Waals surface area contributed by atoms with Crippen LogP contribution >= 0.6 is 0 Å². The van der Waals surface area contributed by atoms with Gasteiger partial charge in [-0.05, 0) is 57.6 Å². The molecule has 1 unspecified atom stereocenters. The molecule has 4 nitrogen and oxygen atoms in total. The van der Waals surface area contributed by atoms with E-state index in [-0.39, 0.29) is 5.91 Å². The van der Waals surface area contributed by atoms with Gasteiger partial charge < -0.3 is 14.2 Å². The van der Waals surface area contributed by atoms with Crippen molar-refractivity contribution in [2.45, 2.75) is 39.0 Å². The van der Waals surface area contributed by atoms with Crippen LogP contribution in [0.4, 0.5) is 0 Å². The molecule has 1 aromatic rings. The van der Waals surface area contributed by atoms with Gasteiger partial charge in [-0.3, -0.25) is 4.79 Å². The maximum Gasteiger partial charge on any atom is 0.257 e. The molecule has 2 aliphatic heterocycles. The van der Waals surface area contributed by atoms with E-state index in [1.807, 2.05) is 13.0 Å². The van der Waals surface area contributed by atoms with Crippen molar-refractivity contribution in [2.75, 3.05) is 32.7 Å². The lowest BCUT2D eigenvalue weighted by atomic mass is 9.79. The molecule has 2 saturated heterocycles. The molecule has 22 heavy (non-hydrogen) atoms. The summed E-state index contributed by atoms with van der Waals surface area (Å²) in [5.74, 6) is 1.86. The maximum absolute atomic E-state index is 12.7. The number of nitrogens with zero attached hydrogens (tertiary/aromatic N) is 2. The topological polar surface area (TPSA) is 36.7 Å². The molecule has 4 rings (SSSR count). The van der Waals surface area contributed by atoms with E-state index in [1.165, 1.54) is 45.3 Å². The fraction of sp³-hybridized carbons (Fsp3) is 0.722. The summed E-state index contributed by atoms with van der Waals surface area (Å²) >= 11 is 0. The third-order valence-electron chi connectivity index (χ3n) is 5.77. The van der Waals surface area contributed by atoms with Gasteiger partial charge in [-0.2, -0.15) is 0 Å². The molecule has 1 aliphatic carbocycles. The van der Waals surface area contributed by atoms with E-state index < -0.39 is 0 Å². The van der Waals surface area contributed by atoms with Gasteiger partial charge in [-0.1, -0.05) is 0 Å². The van der Waals surface area contributed by atoms with Crippen LogP contribution in [0.25, 0.3) is 0 Å².